The van der Waals surface area contributed by atoms with Gasteiger partial charge < -0.3 is 15.4 Å². The number of esters is 1. The summed E-state index contributed by atoms with van der Waals surface area (Å²) >= 11 is 16.6. The molecule has 1 fully saturated rings. The molecule has 1 aliphatic heterocycles. The number of alkyl halides is 3. The first-order chi connectivity index (χ1) is 13.1. The Morgan fingerprint density at radius 3 is 2.68 bits per heavy atom. The third kappa shape index (κ3) is 8.10. The van der Waals surface area contributed by atoms with Gasteiger partial charge in [0.25, 0.3) is 5.91 Å². The number of ether oxygens (including phenoxy) is 1. The number of halogens is 3. The van der Waals surface area contributed by atoms with Crippen LogP contribution in [0.25, 0.3) is 0 Å². The maximum Gasteiger partial charge on any atom is 0.325 e. The quantitative estimate of drug-likeness (QED) is 0.206. The highest BCUT2D eigenvalue weighted by Crippen LogP contribution is 2.26. The second-order valence-electron chi connectivity index (χ2n) is 6.01. The predicted molar refractivity (Wildman–Crippen MR) is 103 cm³/mol. The standard InChI is InChI=1S/C16H21Cl3N4O5/c1-3-5-11(20-9-24)13(25)21-10(2)14(26)23-7-4-6-12(22-23)15(27)28-8-16(17,18)19/h1,9-12,22H,4-8H2,2H3,(H,20,24)(H,21,25). The summed E-state index contributed by atoms with van der Waals surface area (Å²) in [4.78, 5) is 47.3. The van der Waals surface area contributed by atoms with Crippen molar-refractivity contribution in [2.45, 2.75) is 48.1 Å². The molecule has 0 aromatic rings. The molecule has 3 amide bonds. The molecule has 0 aromatic heterocycles. The van der Waals surface area contributed by atoms with Gasteiger partial charge in [-0.2, -0.15) is 0 Å². The van der Waals surface area contributed by atoms with E-state index in [0.717, 1.165) is 0 Å². The molecule has 1 heterocycles. The van der Waals surface area contributed by atoms with Crippen molar-refractivity contribution in [1.29, 1.82) is 0 Å². The number of hydrogen-bond acceptors (Lipinski definition) is 6. The van der Waals surface area contributed by atoms with E-state index in [2.05, 4.69) is 22.0 Å². The van der Waals surface area contributed by atoms with Crippen LogP contribution < -0.4 is 16.1 Å². The number of nitrogens with one attached hydrogen (secondary N) is 3. The van der Waals surface area contributed by atoms with Crippen molar-refractivity contribution in [3.05, 3.63) is 0 Å². The van der Waals surface area contributed by atoms with Gasteiger partial charge in [-0.05, 0) is 19.8 Å². The summed E-state index contributed by atoms with van der Waals surface area (Å²) in [6.45, 7) is 1.38. The van der Waals surface area contributed by atoms with Crippen molar-refractivity contribution in [1.82, 2.24) is 21.1 Å². The third-order valence-corrected chi connectivity index (χ3v) is 4.08. The van der Waals surface area contributed by atoms with Gasteiger partial charge in [0.05, 0.1) is 0 Å². The van der Waals surface area contributed by atoms with Gasteiger partial charge in [0.1, 0.15) is 24.7 Å². The average molecular weight is 456 g/mol. The van der Waals surface area contributed by atoms with Crippen molar-refractivity contribution in [3.63, 3.8) is 0 Å². The summed E-state index contributed by atoms with van der Waals surface area (Å²) in [5, 5.41) is 5.99. The minimum Gasteiger partial charge on any atom is -0.460 e. The highest BCUT2D eigenvalue weighted by molar-refractivity contribution is 6.67. The highest BCUT2D eigenvalue weighted by atomic mass is 35.6. The maximum atomic E-state index is 12.6. The third-order valence-electron chi connectivity index (χ3n) is 3.75. The lowest BCUT2D eigenvalue weighted by molar-refractivity contribution is -0.152. The van der Waals surface area contributed by atoms with E-state index >= 15 is 0 Å². The van der Waals surface area contributed by atoms with E-state index in [9.17, 15) is 19.2 Å². The van der Waals surface area contributed by atoms with Crippen LogP contribution in [-0.2, 0) is 23.9 Å². The summed E-state index contributed by atoms with van der Waals surface area (Å²) in [6.07, 6.45) is 6.45. The van der Waals surface area contributed by atoms with E-state index in [-0.39, 0.29) is 6.42 Å². The maximum absolute atomic E-state index is 12.6. The molecular weight excluding hydrogens is 435 g/mol. The van der Waals surface area contributed by atoms with Gasteiger partial charge in [-0.3, -0.25) is 24.2 Å². The van der Waals surface area contributed by atoms with Gasteiger partial charge in [-0.1, -0.05) is 34.8 Å². The first kappa shape index (κ1) is 24.3. The summed E-state index contributed by atoms with van der Waals surface area (Å²) in [7, 11) is 0. The number of terminal acetylenes is 1. The van der Waals surface area contributed by atoms with E-state index in [0.29, 0.717) is 25.8 Å². The molecule has 3 atom stereocenters. The fourth-order valence-corrected chi connectivity index (χ4v) is 2.57. The Morgan fingerprint density at radius 2 is 2.11 bits per heavy atom. The highest BCUT2D eigenvalue weighted by Gasteiger charge is 2.33. The molecule has 156 valence electrons. The van der Waals surface area contributed by atoms with Crippen LogP contribution in [0.1, 0.15) is 26.2 Å². The van der Waals surface area contributed by atoms with E-state index in [1.54, 1.807) is 0 Å². The van der Waals surface area contributed by atoms with Crippen LogP contribution in [0.4, 0.5) is 0 Å². The molecule has 1 saturated heterocycles. The zero-order valence-electron chi connectivity index (χ0n) is 15.0. The summed E-state index contributed by atoms with van der Waals surface area (Å²) < 4.78 is 3.19. The average Bonchev–Trinajstić information content (AvgIpc) is 2.64. The van der Waals surface area contributed by atoms with Gasteiger partial charge in [-0.25, -0.2) is 5.43 Å². The fourth-order valence-electron chi connectivity index (χ4n) is 2.41. The fraction of sp³-hybridized carbons (Fsp3) is 0.625. The zero-order valence-corrected chi connectivity index (χ0v) is 17.3. The molecule has 3 N–H and O–H groups in total. The Balaban J connectivity index is 2.62. The molecule has 12 heteroatoms. The van der Waals surface area contributed by atoms with Crippen LogP contribution in [0.15, 0.2) is 0 Å². The molecule has 3 unspecified atom stereocenters. The number of nitrogens with zero attached hydrogens (tertiary/aromatic N) is 1. The van der Waals surface area contributed by atoms with Gasteiger partial charge >= 0.3 is 5.97 Å². The molecule has 0 aromatic carbocycles. The number of rotatable bonds is 8. The van der Waals surface area contributed by atoms with Crippen molar-refractivity contribution >= 4 is 59.0 Å². The Hall–Kier alpha value is -1.73. The Kier molecular flexibility index (Phi) is 9.82. The van der Waals surface area contributed by atoms with Crippen LogP contribution in [0.3, 0.4) is 0 Å². The molecular formula is C16H21Cl3N4O5. The molecule has 28 heavy (non-hydrogen) atoms. The summed E-state index contributed by atoms with van der Waals surface area (Å²) in [5.74, 6) is 0.538. The lowest BCUT2D eigenvalue weighted by Gasteiger charge is -2.34. The van der Waals surface area contributed by atoms with Crippen LogP contribution in [0.2, 0.25) is 0 Å². The summed E-state index contributed by atoms with van der Waals surface area (Å²) in [5.41, 5.74) is 2.75. The molecule has 0 aliphatic carbocycles. The number of hydrazine groups is 1. The topological polar surface area (TPSA) is 117 Å². The largest absolute Gasteiger partial charge is 0.460 e. The minimum atomic E-state index is -1.73. The molecule has 1 rings (SSSR count). The number of carbonyl (C=O) groups excluding carboxylic acids is 4. The molecule has 1 aliphatic rings. The lowest BCUT2D eigenvalue weighted by atomic mass is 10.1. The van der Waals surface area contributed by atoms with Crippen molar-refractivity contribution in [2.75, 3.05) is 13.2 Å². The van der Waals surface area contributed by atoms with Gasteiger partial charge in [0, 0.05) is 13.0 Å². The number of amides is 3. The normalized spacial score (nSPS) is 19.0. The Morgan fingerprint density at radius 1 is 1.43 bits per heavy atom. The molecule has 9 nitrogen and oxygen atoms in total. The van der Waals surface area contributed by atoms with Gasteiger partial charge in [0.15, 0.2) is 0 Å². The second-order valence-corrected chi connectivity index (χ2v) is 8.53. The van der Waals surface area contributed by atoms with Crippen molar-refractivity contribution < 1.29 is 23.9 Å². The molecule has 0 spiro atoms. The Bertz CT molecular complexity index is 635. The second kappa shape index (κ2) is 11.3. The SMILES string of the molecule is C#CCC(NC=O)C(=O)NC(C)C(=O)N1CCCC(C(=O)OCC(Cl)(Cl)Cl)N1. The summed E-state index contributed by atoms with van der Waals surface area (Å²) in [6, 6.07) is -2.67. The minimum absolute atomic E-state index is 0.0232. The van der Waals surface area contributed by atoms with Crippen molar-refractivity contribution in [2.24, 2.45) is 0 Å². The monoisotopic (exact) mass is 454 g/mol. The van der Waals surface area contributed by atoms with E-state index in [1.807, 2.05) is 0 Å². The molecule has 0 bridgehead atoms. The van der Waals surface area contributed by atoms with E-state index < -0.39 is 46.3 Å². The molecule has 0 radical (unpaired) electrons. The van der Waals surface area contributed by atoms with Gasteiger partial charge in [0.2, 0.25) is 16.1 Å². The van der Waals surface area contributed by atoms with Crippen LogP contribution in [0.5, 0.6) is 0 Å². The van der Waals surface area contributed by atoms with Crippen LogP contribution in [0, 0.1) is 12.3 Å². The van der Waals surface area contributed by atoms with E-state index in [1.165, 1.54) is 11.9 Å². The Labute approximate surface area is 177 Å². The van der Waals surface area contributed by atoms with Gasteiger partial charge in [-0.15, -0.1) is 12.3 Å². The smallest absolute Gasteiger partial charge is 0.325 e. The number of hydrogen-bond donors (Lipinski definition) is 3. The first-order valence-electron chi connectivity index (χ1n) is 8.33. The first-order valence-corrected chi connectivity index (χ1v) is 9.47. The van der Waals surface area contributed by atoms with E-state index in [4.69, 9.17) is 46.0 Å². The zero-order chi connectivity index (χ0) is 21.3. The molecule has 0 saturated carbocycles. The lowest BCUT2D eigenvalue weighted by Crippen LogP contribution is -2.60. The number of carbonyl (C=O) groups is 4. The van der Waals surface area contributed by atoms with Crippen LogP contribution in [-0.4, -0.2) is 64.3 Å². The van der Waals surface area contributed by atoms with Crippen LogP contribution >= 0.6 is 34.8 Å². The van der Waals surface area contributed by atoms with Crippen molar-refractivity contribution in [3.8, 4) is 12.3 Å². The predicted octanol–water partition coefficient (Wildman–Crippen LogP) is 0.0380.